The Morgan fingerprint density at radius 3 is 2.30 bits per heavy atom. The van der Waals surface area contributed by atoms with E-state index in [-0.39, 0.29) is 11.7 Å². The molecule has 0 atom stereocenters. The predicted molar refractivity (Wildman–Crippen MR) is 76.2 cm³/mol. The number of benzene rings is 2. The summed E-state index contributed by atoms with van der Waals surface area (Å²) in [6, 6.07) is 18.7. The van der Waals surface area contributed by atoms with Gasteiger partial charge in [0.15, 0.2) is 5.82 Å². The summed E-state index contributed by atoms with van der Waals surface area (Å²) in [7, 11) is 0. The Bertz CT molecular complexity index is 707. The zero-order valence-electron chi connectivity index (χ0n) is 10.6. The highest BCUT2D eigenvalue weighted by Gasteiger charge is 2.12. The second kappa shape index (κ2) is 5.36. The standard InChI is InChI=1S/C15H12N4O/c20-15(16-12-9-5-2-6-10-12)14-17-13(18-19-14)11-7-3-1-4-8-11/h1-10H,(H,16,20)(H,17,18,19). The molecule has 1 aromatic heterocycles. The van der Waals surface area contributed by atoms with Crippen LogP contribution in [-0.4, -0.2) is 21.1 Å². The molecule has 1 heterocycles. The van der Waals surface area contributed by atoms with E-state index in [1.165, 1.54) is 0 Å². The average Bonchev–Trinajstić information content (AvgIpc) is 2.99. The van der Waals surface area contributed by atoms with E-state index >= 15 is 0 Å². The molecule has 5 nitrogen and oxygen atoms in total. The van der Waals surface area contributed by atoms with E-state index in [1.807, 2.05) is 60.7 Å². The minimum absolute atomic E-state index is 0.188. The van der Waals surface area contributed by atoms with E-state index in [0.717, 1.165) is 11.3 Å². The number of para-hydroxylation sites is 1. The molecule has 0 saturated carbocycles. The fraction of sp³-hybridized carbons (Fsp3) is 0. The summed E-state index contributed by atoms with van der Waals surface area (Å²) < 4.78 is 0. The smallest absolute Gasteiger partial charge is 0.293 e. The molecule has 0 spiro atoms. The summed E-state index contributed by atoms with van der Waals surface area (Å²) in [5.74, 6) is 0.377. The Morgan fingerprint density at radius 1 is 0.950 bits per heavy atom. The monoisotopic (exact) mass is 264 g/mol. The molecule has 0 saturated heterocycles. The number of H-pyrrole nitrogens is 1. The number of hydrogen-bond acceptors (Lipinski definition) is 3. The molecule has 0 fully saturated rings. The number of hydrogen-bond donors (Lipinski definition) is 2. The molecule has 1 amide bonds. The molecule has 20 heavy (non-hydrogen) atoms. The van der Waals surface area contributed by atoms with Crippen LogP contribution in [-0.2, 0) is 0 Å². The number of carbonyl (C=O) groups excluding carboxylic acids is 1. The van der Waals surface area contributed by atoms with Crippen LogP contribution in [0.4, 0.5) is 5.69 Å². The largest absolute Gasteiger partial charge is 0.319 e. The fourth-order valence-electron chi connectivity index (χ4n) is 1.79. The highest BCUT2D eigenvalue weighted by molar-refractivity contribution is 6.01. The number of aromatic nitrogens is 3. The lowest BCUT2D eigenvalue weighted by molar-refractivity contribution is 0.101. The second-order valence-electron chi connectivity index (χ2n) is 4.19. The van der Waals surface area contributed by atoms with Crippen molar-refractivity contribution < 1.29 is 4.79 Å². The molecule has 2 aromatic carbocycles. The van der Waals surface area contributed by atoms with Crippen molar-refractivity contribution >= 4 is 11.6 Å². The molecular weight excluding hydrogens is 252 g/mol. The van der Waals surface area contributed by atoms with E-state index in [1.54, 1.807) is 0 Å². The number of nitrogens with one attached hydrogen (secondary N) is 2. The molecule has 98 valence electrons. The van der Waals surface area contributed by atoms with Crippen molar-refractivity contribution in [3.05, 3.63) is 66.5 Å². The number of nitrogens with zero attached hydrogens (tertiary/aromatic N) is 2. The van der Waals surface area contributed by atoms with Gasteiger partial charge >= 0.3 is 0 Å². The van der Waals surface area contributed by atoms with Crippen molar-refractivity contribution in [1.29, 1.82) is 0 Å². The van der Waals surface area contributed by atoms with Gasteiger partial charge in [-0.15, -0.1) is 0 Å². The van der Waals surface area contributed by atoms with Crippen molar-refractivity contribution in [2.45, 2.75) is 0 Å². The molecule has 5 heteroatoms. The van der Waals surface area contributed by atoms with Crippen molar-refractivity contribution in [1.82, 2.24) is 15.2 Å². The average molecular weight is 264 g/mol. The van der Waals surface area contributed by atoms with Crippen LogP contribution in [0, 0.1) is 0 Å². The minimum Gasteiger partial charge on any atom is -0.319 e. The maximum absolute atomic E-state index is 12.0. The van der Waals surface area contributed by atoms with Gasteiger partial charge in [-0.05, 0) is 12.1 Å². The molecule has 0 radical (unpaired) electrons. The van der Waals surface area contributed by atoms with Crippen LogP contribution >= 0.6 is 0 Å². The molecule has 0 unspecified atom stereocenters. The van der Waals surface area contributed by atoms with Crippen LogP contribution in [0.1, 0.15) is 10.6 Å². The van der Waals surface area contributed by atoms with Gasteiger partial charge in [0.25, 0.3) is 5.91 Å². The third kappa shape index (κ3) is 2.56. The number of rotatable bonds is 3. The van der Waals surface area contributed by atoms with Gasteiger partial charge in [0.1, 0.15) is 0 Å². The summed E-state index contributed by atoms with van der Waals surface area (Å²) in [6.45, 7) is 0. The van der Waals surface area contributed by atoms with Crippen LogP contribution in [0.3, 0.4) is 0 Å². The van der Waals surface area contributed by atoms with Gasteiger partial charge in [-0.1, -0.05) is 48.5 Å². The highest BCUT2D eigenvalue weighted by Crippen LogP contribution is 2.14. The van der Waals surface area contributed by atoms with Crippen LogP contribution in [0.15, 0.2) is 60.7 Å². The van der Waals surface area contributed by atoms with E-state index in [0.29, 0.717) is 5.82 Å². The third-order valence-electron chi connectivity index (χ3n) is 2.76. The van der Waals surface area contributed by atoms with E-state index < -0.39 is 0 Å². The Balaban J connectivity index is 1.79. The first-order valence-corrected chi connectivity index (χ1v) is 6.17. The van der Waals surface area contributed by atoms with E-state index in [2.05, 4.69) is 20.5 Å². The van der Waals surface area contributed by atoms with Crippen LogP contribution in [0.2, 0.25) is 0 Å². The Hall–Kier alpha value is -2.95. The lowest BCUT2D eigenvalue weighted by atomic mass is 10.2. The Labute approximate surface area is 115 Å². The van der Waals surface area contributed by atoms with Gasteiger partial charge in [0.05, 0.1) is 0 Å². The summed E-state index contributed by atoms with van der Waals surface area (Å²) in [6.07, 6.45) is 0. The number of carbonyl (C=O) groups is 1. The fourth-order valence-corrected chi connectivity index (χ4v) is 1.79. The SMILES string of the molecule is O=C(Nc1ccccc1)c1nc(-c2ccccc2)n[nH]1. The molecule has 2 N–H and O–H groups in total. The van der Waals surface area contributed by atoms with Gasteiger partial charge in [-0.3, -0.25) is 9.89 Å². The van der Waals surface area contributed by atoms with Gasteiger partial charge in [-0.25, -0.2) is 4.98 Å². The van der Waals surface area contributed by atoms with Gasteiger partial charge < -0.3 is 5.32 Å². The highest BCUT2D eigenvalue weighted by atomic mass is 16.2. The number of amides is 1. The Kier molecular flexibility index (Phi) is 3.24. The minimum atomic E-state index is -0.314. The second-order valence-corrected chi connectivity index (χ2v) is 4.19. The normalized spacial score (nSPS) is 10.2. The lowest BCUT2D eigenvalue weighted by Crippen LogP contribution is -2.13. The topological polar surface area (TPSA) is 70.7 Å². The maximum atomic E-state index is 12.0. The van der Waals surface area contributed by atoms with Crippen molar-refractivity contribution in [2.75, 3.05) is 5.32 Å². The summed E-state index contributed by atoms with van der Waals surface area (Å²) in [5, 5.41) is 9.45. The maximum Gasteiger partial charge on any atom is 0.293 e. The van der Waals surface area contributed by atoms with E-state index in [4.69, 9.17) is 0 Å². The molecule has 3 aromatic rings. The van der Waals surface area contributed by atoms with Gasteiger partial charge in [0, 0.05) is 11.3 Å². The van der Waals surface area contributed by atoms with Crippen LogP contribution in [0.25, 0.3) is 11.4 Å². The molecule has 0 bridgehead atoms. The summed E-state index contributed by atoms with van der Waals surface area (Å²) in [5.41, 5.74) is 1.58. The third-order valence-corrected chi connectivity index (χ3v) is 2.76. The first-order valence-electron chi connectivity index (χ1n) is 6.17. The first-order chi connectivity index (χ1) is 9.83. The lowest BCUT2D eigenvalue weighted by Gasteiger charge is -2.01. The molecular formula is C15H12N4O. The Morgan fingerprint density at radius 2 is 1.60 bits per heavy atom. The summed E-state index contributed by atoms with van der Waals surface area (Å²) >= 11 is 0. The van der Waals surface area contributed by atoms with Crippen molar-refractivity contribution in [2.24, 2.45) is 0 Å². The summed E-state index contributed by atoms with van der Waals surface area (Å²) in [4.78, 5) is 16.2. The molecule has 0 aliphatic carbocycles. The van der Waals surface area contributed by atoms with Gasteiger partial charge in [-0.2, -0.15) is 5.10 Å². The van der Waals surface area contributed by atoms with Crippen molar-refractivity contribution in [3.63, 3.8) is 0 Å². The van der Waals surface area contributed by atoms with Crippen LogP contribution < -0.4 is 5.32 Å². The predicted octanol–water partition coefficient (Wildman–Crippen LogP) is 2.72. The van der Waals surface area contributed by atoms with Crippen LogP contribution in [0.5, 0.6) is 0 Å². The zero-order valence-corrected chi connectivity index (χ0v) is 10.6. The van der Waals surface area contributed by atoms with Gasteiger partial charge in [0.2, 0.25) is 5.82 Å². The zero-order chi connectivity index (χ0) is 13.8. The quantitative estimate of drug-likeness (QED) is 0.764. The molecule has 3 rings (SSSR count). The van der Waals surface area contributed by atoms with Crippen molar-refractivity contribution in [3.8, 4) is 11.4 Å². The number of aromatic amines is 1. The number of anilines is 1. The molecule has 0 aliphatic heterocycles. The van der Waals surface area contributed by atoms with E-state index in [9.17, 15) is 4.79 Å². The first kappa shape index (κ1) is 12.1. The molecule has 0 aliphatic rings.